The number of nitrogens with zero attached hydrogens (tertiary/aromatic N) is 2. The summed E-state index contributed by atoms with van der Waals surface area (Å²) in [4.78, 5) is 67.0. The van der Waals surface area contributed by atoms with E-state index in [9.17, 15) is 33.9 Å². The van der Waals surface area contributed by atoms with Gasteiger partial charge < -0.3 is 52.6 Å². The van der Waals surface area contributed by atoms with Gasteiger partial charge in [0.15, 0.2) is 0 Å². The topological polar surface area (TPSA) is 271 Å². The van der Waals surface area contributed by atoms with Crippen molar-refractivity contribution in [2.75, 3.05) is 48.8 Å². The maximum atomic E-state index is 12.2. The van der Waals surface area contributed by atoms with Crippen LogP contribution in [0.5, 0.6) is 23.0 Å². The Kier molecular flexibility index (Phi) is 33.7. The number of methoxy groups -OCH3 is 5. The van der Waals surface area contributed by atoms with E-state index in [4.69, 9.17) is 43.7 Å². The van der Waals surface area contributed by atoms with Gasteiger partial charge in [-0.3, -0.25) is 14.4 Å². The van der Waals surface area contributed by atoms with Crippen LogP contribution in [0.1, 0.15) is 76.6 Å². The summed E-state index contributed by atoms with van der Waals surface area (Å²) in [5, 5.41) is 34.4. The van der Waals surface area contributed by atoms with Crippen LogP contribution in [0, 0.1) is 28.6 Å². The van der Waals surface area contributed by atoms with Gasteiger partial charge in [-0.25, -0.2) is 9.59 Å². The molecule has 0 bridgehead atoms. The van der Waals surface area contributed by atoms with Gasteiger partial charge in [-0.15, -0.1) is 0 Å². The fourth-order valence-corrected chi connectivity index (χ4v) is 4.08. The van der Waals surface area contributed by atoms with Crippen molar-refractivity contribution in [2.24, 2.45) is 5.92 Å². The van der Waals surface area contributed by atoms with Crippen molar-refractivity contribution in [1.82, 2.24) is 0 Å². The van der Waals surface area contributed by atoms with Gasteiger partial charge in [-0.1, -0.05) is 7.43 Å². The van der Waals surface area contributed by atoms with E-state index in [1.54, 1.807) is 51.1 Å². The summed E-state index contributed by atoms with van der Waals surface area (Å²) in [5.74, 6) is -4.36. The Morgan fingerprint density at radius 3 is 1.67 bits per heavy atom. The molecule has 18 nitrogen and oxygen atoms in total. The number of rotatable bonds is 13. The first-order valence-electron chi connectivity index (χ1n) is 16.4. The maximum absolute atomic E-state index is 12.2. The molecule has 2 atom stereocenters. The molecule has 0 fully saturated rings. The van der Waals surface area contributed by atoms with Gasteiger partial charge in [0.1, 0.15) is 45.6 Å². The number of carboxylic acid groups (broad SMARTS) is 2. The number of fused-ring (bicyclic) bond motifs is 1. The molecule has 2 unspecified atom stereocenters. The van der Waals surface area contributed by atoms with Crippen LogP contribution in [-0.4, -0.2) is 83.7 Å². The van der Waals surface area contributed by atoms with Gasteiger partial charge >= 0.3 is 80.9 Å². The van der Waals surface area contributed by atoms with Gasteiger partial charge in [0, 0.05) is 26.0 Å². The molecule has 2 aromatic carbocycles. The summed E-state index contributed by atoms with van der Waals surface area (Å²) in [6.07, 6.45) is -0.321. The smallest absolute Gasteiger partial charge is 0.549 e. The monoisotopic (exact) mass is 842 g/mol. The maximum Gasteiger partial charge on any atom is 1.00 e. The molecule has 314 valence electrons. The Morgan fingerprint density at radius 1 is 0.793 bits per heavy atom. The third-order valence-electron chi connectivity index (χ3n) is 6.68. The quantitative estimate of drug-likeness (QED) is 0.110. The minimum atomic E-state index is -1.40. The van der Waals surface area contributed by atoms with Gasteiger partial charge in [-0.05, 0) is 56.8 Å². The number of hydrogen-bond donors (Lipinski definition) is 1. The van der Waals surface area contributed by atoms with E-state index >= 15 is 0 Å². The SMILES string of the molecule is C.CC#N.CC#N.CCOC(=O)C(C)C(=O)[O-].CCOC(=O)C(C)c1cc2cc(OC)cc(OC)c2c(=O)o1.COC(=O)c1c(CC(=O)O)cc(OC)cc1OC.[K+]. The molecule has 3 aromatic rings. The second-order valence-corrected chi connectivity index (χ2v) is 10.4. The van der Waals surface area contributed by atoms with E-state index in [0.29, 0.717) is 28.0 Å². The van der Waals surface area contributed by atoms with Gasteiger partial charge in [0.25, 0.3) is 0 Å². The molecule has 3 rings (SSSR count). The number of benzene rings is 2. The minimum Gasteiger partial charge on any atom is -0.549 e. The van der Waals surface area contributed by atoms with Crippen LogP contribution < -0.4 is 81.1 Å². The summed E-state index contributed by atoms with van der Waals surface area (Å²) < 4.78 is 39.7. The Labute approximate surface area is 380 Å². The molecule has 0 radical (unpaired) electrons. The van der Waals surface area contributed by atoms with E-state index in [2.05, 4.69) is 9.47 Å². The Morgan fingerprint density at radius 2 is 1.26 bits per heavy atom. The van der Waals surface area contributed by atoms with E-state index in [0.717, 1.165) is 0 Å². The first-order chi connectivity index (χ1) is 26.5. The molecule has 58 heavy (non-hydrogen) atoms. The summed E-state index contributed by atoms with van der Waals surface area (Å²) >= 11 is 0. The van der Waals surface area contributed by atoms with Gasteiger partial charge in [0.2, 0.25) is 0 Å². The zero-order valence-corrected chi connectivity index (χ0v) is 37.3. The Hall–Kier alpha value is -5.18. The number of hydrogen-bond acceptors (Lipinski definition) is 17. The molecule has 0 aliphatic rings. The van der Waals surface area contributed by atoms with Crippen molar-refractivity contribution in [1.29, 1.82) is 10.5 Å². The molecule has 1 aromatic heterocycles. The Bertz CT molecular complexity index is 1900. The molecule has 1 heterocycles. The number of nitriles is 2. The average molecular weight is 843 g/mol. The summed E-state index contributed by atoms with van der Waals surface area (Å²) in [6, 6.07) is 11.4. The van der Waals surface area contributed by atoms with Crippen LogP contribution >= 0.6 is 0 Å². The second-order valence-electron chi connectivity index (χ2n) is 10.4. The normalized spacial score (nSPS) is 9.95. The van der Waals surface area contributed by atoms with Crippen molar-refractivity contribution in [2.45, 2.75) is 61.3 Å². The first kappa shape index (κ1) is 59.5. The van der Waals surface area contributed by atoms with Crippen LogP contribution in [0.2, 0.25) is 0 Å². The summed E-state index contributed by atoms with van der Waals surface area (Å²) in [6.45, 7) is 9.50. The average Bonchev–Trinajstić information content (AvgIpc) is 3.16. The molecule has 0 spiro atoms. The molecule has 0 saturated heterocycles. The van der Waals surface area contributed by atoms with E-state index in [1.807, 2.05) is 0 Å². The minimum absolute atomic E-state index is 0. The molecule has 1 N–H and O–H groups in total. The van der Waals surface area contributed by atoms with Crippen molar-refractivity contribution in [3.8, 4) is 35.1 Å². The van der Waals surface area contributed by atoms with Crippen molar-refractivity contribution in [3.63, 3.8) is 0 Å². The molecule has 0 aliphatic carbocycles. The Balaban J connectivity index is -0.000000364. The number of carbonyl (C=O) groups is 5. The van der Waals surface area contributed by atoms with Crippen molar-refractivity contribution >= 4 is 40.6 Å². The van der Waals surface area contributed by atoms with Crippen molar-refractivity contribution in [3.05, 3.63) is 57.6 Å². The molecule has 0 aliphatic heterocycles. The fraction of sp³-hybridized carbons (Fsp3) is 0.436. The van der Waals surface area contributed by atoms with Gasteiger partial charge in [0.05, 0.1) is 79.2 Å². The predicted molar refractivity (Wildman–Crippen MR) is 203 cm³/mol. The number of ether oxygens (including phenoxy) is 7. The third kappa shape index (κ3) is 20.3. The zero-order valence-electron chi connectivity index (χ0n) is 34.1. The van der Waals surface area contributed by atoms with Crippen molar-refractivity contribution < 1.29 is 123 Å². The van der Waals surface area contributed by atoms with E-state index in [-0.39, 0.29) is 101 Å². The predicted octanol–water partition coefficient (Wildman–Crippen LogP) is 1.23. The molecular formula is C39H51KN2O16. The first-order valence-corrected chi connectivity index (χ1v) is 16.4. The molecule has 19 heteroatoms. The van der Waals surface area contributed by atoms with Crippen LogP contribution in [0.15, 0.2) is 39.5 Å². The van der Waals surface area contributed by atoms with E-state index < -0.39 is 47.3 Å². The third-order valence-corrected chi connectivity index (χ3v) is 6.68. The van der Waals surface area contributed by atoms with Crippen LogP contribution in [-0.2, 0) is 39.8 Å². The summed E-state index contributed by atoms with van der Waals surface area (Å²) in [5.41, 5.74) is -0.183. The van der Waals surface area contributed by atoms with Crippen LogP contribution in [0.3, 0.4) is 0 Å². The zero-order chi connectivity index (χ0) is 43.5. The summed E-state index contributed by atoms with van der Waals surface area (Å²) in [7, 11) is 7.02. The fourth-order valence-electron chi connectivity index (χ4n) is 4.08. The molecular weight excluding hydrogens is 792 g/mol. The number of carboxylic acids is 2. The second kappa shape index (κ2) is 32.9. The van der Waals surface area contributed by atoms with Crippen LogP contribution in [0.25, 0.3) is 10.8 Å². The number of carbonyl (C=O) groups excluding carboxylic acids is 4. The standard InChI is InChI=1S/C16H18O6.C12H14O6.C6H10O4.2C2H3N.CH4.K/c1-5-21-15(17)9(2)12-7-10-6-11(19-3)8-13(20-4)14(10)16(18)22-12;1-16-8-4-7(5-10(13)14)11(12(15)18-3)9(6-8)17-2;1-3-10-6(9)4(2)5(7)8;2*1-2-3;;/h6-9H,5H2,1-4H3;4,6H,5H2,1-3H3,(H,13,14);4H,3H2,1-2H3,(H,7,8);2*1H3;1H4;/q;;;;;;+1/p-1. The molecule has 0 amide bonds. The van der Waals surface area contributed by atoms with E-state index in [1.165, 1.54) is 68.5 Å². The van der Waals surface area contributed by atoms with Crippen LogP contribution in [0.4, 0.5) is 0 Å². The number of aliphatic carboxylic acids is 2. The number of esters is 3. The van der Waals surface area contributed by atoms with Gasteiger partial charge in [-0.2, -0.15) is 10.5 Å². The molecule has 0 saturated carbocycles. The largest absolute Gasteiger partial charge is 1.00 e.